The molecule has 0 atom stereocenters. The van der Waals surface area contributed by atoms with Gasteiger partial charge in [-0.25, -0.2) is 0 Å². The number of hydrogen-bond acceptors (Lipinski definition) is 2. The predicted molar refractivity (Wildman–Crippen MR) is 63.0 cm³/mol. The van der Waals surface area contributed by atoms with E-state index in [0.717, 1.165) is 25.9 Å². The van der Waals surface area contributed by atoms with E-state index in [2.05, 4.69) is 33.0 Å². The maximum absolute atomic E-state index is 10.3. The fraction of sp³-hybridized carbons (Fsp3) is 0.917. The summed E-state index contributed by atoms with van der Waals surface area (Å²) in [4.78, 5) is 10.3. The molecule has 0 aromatic heterocycles. The number of carboxylic acid groups (broad SMARTS) is 1. The highest BCUT2D eigenvalue weighted by Gasteiger charge is 2.21. The molecule has 0 aliphatic rings. The maximum Gasteiger partial charge on any atom is 0.303 e. The molecule has 0 aliphatic carbocycles. The third-order valence-corrected chi connectivity index (χ3v) is 3.14. The zero-order chi connectivity index (χ0) is 11.9. The van der Waals surface area contributed by atoms with Crippen molar-refractivity contribution in [1.82, 2.24) is 5.32 Å². The van der Waals surface area contributed by atoms with Crippen LogP contribution in [0, 0.1) is 11.3 Å². The van der Waals surface area contributed by atoms with Crippen LogP contribution in [0.5, 0.6) is 0 Å². The summed E-state index contributed by atoms with van der Waals surface area (Å²) in [6.45, 7) is 10.9. The molecule has 0 rings (SSSR count). The van der Waals surface area contributed by atoms with Gasteiger partial charge in [0.2, 0.25) is 0 Å². The van der Waals surface area contributed by atoms with E-state index in [-0.39, 0.29) is 6.42 Å². The second-order valence-electron chi connectivity index (χ2n) is 5.17. The van der Waals surface area contributed by atoms with Crippen LogP contribution >= 0.6 is 0 Å². The van der Waals surface area contributed by atoms with E-state index in [1.807, 2.05) is 0 Å². The third-order valence-electron chi connectivity index (χ3n) is 3.14. The van der Waals surface area contributed by atoms with Crippen molar-refractivity contribution in [2.75, 3.05) is 13.1 Å². The molecule has 0 radical (unpaired) electrons. The van der Waals surface area contributed by atoms with Gasteiger partial charge < -0.3 is 10.4 Å². The van der Waals surface area contributed by atoms with E-state index in [1.54, 1.807) is 0 Å². The first-order valence-corrected chi connectivity index (χ1v) is 5.79. The van der Waals surface area contributed by atoms with Gasteiger partial charge in [-0.1, -0.05) is 27.7 Å². The molecule has 3 nitrogen and oxygen atoms in total. The molecule has 2 N–H and O–H groups in total. The van der Waals surface area contributed by atoms with Crippen LogP contribution in [0.2, 0.25) is 0 Å². The lowest BCUT2D eigenvalue weighted by atomic mass is 9.81. The van der Waals surface area contributed by atoms with Crippen LogP contribution in [0.1, 0.15) is 47.0 Å². The van der Waals surface area contributed by atoms with Gasteiger partial charge in [-0.2, -0.15) is 0 Å². The molecule has 0 saturated heterocycles. The number of carbonyl (C=O) groups is 1. The molecule has 0 saturated carbocycles. The molecule has 0 aromatic carbocycles. The number of hydrogen-bond donors (Lipinski definition) is 2. The van der Waals surface area contributed by atoms with E-state index in [0.29, 0.717) is 11.3 Å². The Morgan fingerprint density at radius 2 is 1.93 bits per heavy atom. The van der Waals surface area contributed by atoms with Crippen molar-refractivity contribution >= 4 is 5.97 Å². The summed E-state index contributed by atoms with van der Waals surface area (Å²) in [6.07, 6.45) is 2.00. The Morgan fingerprint density at radius 3 is 2.40 bits per heavy atom. The van der Waals surface area contributed by atoms with Crippen LogP contribution in [0.25, 0.3) is 0 Å². The fourth-order valence-electron chi connectivity index (χ4n) is 1.14. The zero-order valence-electron chi connectivity index (χ0n) is 10.5. The van der Waals surface area contributed by atoms with Crippen molar-refractivity contribution in [3.05, 3.63) is 0 Å². The van der Waals surface area contributed by atoms with E-state index < -0.39 is 5.97 Å². The van der Waals surface area contributed by atoms with Crippen molar-refractivity contribution < 1.29 is 9.90 Å². The first-order valence-electron chi connectivity index (χ1n) is 5.79. The summed E-state index contributed by atoms with van der Waals surface area (Å²) in [5, 5.41) is 11.8. The Balaban J connectivity index is 3.42. The minimum atomic E-state index is -0.697. The first-order chi connectivity index (χ1) is 6.86. The lowest BCUT2D eigenvalue weighted by molar-refractivity contribution is -0.137. The minimum absolute atomic E-state index is 0.287. The smallest absolute Gasteiger partial charge is 0.303 e. The van der Waals surface area contributed by atoms with E-state index >= 15 is 0 Å². The molecule has 0 unspecified atom stereocenters. The van der Waals surface area contributed by atoms with Gasteiger partial charge in [0.15, 0.2) is 0 Å². The highest BCUT2D eigenvalue weighted by Crippen LogP contribution is 2.24. The Bertz CT molecular complexity index is 188. The molecular weight excluding hydrogens is 190 g/mol. The Labute approximate surface area is 93.3 Å². The topological polar surface area (TPSA) is 49.3 Å². The summed E-state index contributed by atoms with van der Waals surface area (Å²) in [7, 11) is 0. The van der Waals surface area contributed by atoms with Crippen LogP contribution in [-0.4, -0.2) is 24.2 Å². The summed E-state index contributed by atoms with van der Waals surface area (Å²) in [5.41, 5.74) is 0.312. The Kier molecular flexibility index (Phi) is 6.57. The second kappa shape index (κ2) is 6.83. The molecule has 0 bridgehead atoms. The molecular formula is C12H25NO2. The average molecular weight is 215 g/mol. The number of unbranched alkanes of at least 4 members (excludes halogenated alkanes) is 1. The monoisotopic (exact) mass is 215 g/mol. The van der Waals surface area contributed by atoms with Gasteiger partial charge in [0.25, 0.3) is 0 Å². The fourth-order valence-corrected chi connectivity index (χ4v) is 1.14. The van der Waals surface area contributed by atoms with Gasteiger partial charge in [0.05, 0.1) is 0 Å². The molecule has 0 fully saturated rings. The summed E-state index contributed by atoms with van der Waals surface area (Å²) in [6, 6.07) is 0. The van der Waals surface area contributed by atoms with Crippen LogP contribution < -0.4 is 5.32 Å². The van der Waals surface area contributed by atoms with Crippen molar-refractivity contribution in [1.29, 1.82) is 0 Å². The highest BCUT2D eigenvalue weighted by atomic mass is 16.4. The summed E-state index contributed by atoms with van der Waals surface area (Å²) >= 11 is 0. The van der Waals surface area contributed by atoms with Gasteiger partial charge in [0.1, 0.15) is 0 Å². The normalized spacial score (nSPS) is 12.1. The minimum Gasteiger partial charge on any atom is -0.481 e. The van der Waals surface area contributed by atoms with Crippen molar-refractivity contribution in [2.24, 2.45) is 11.3 Å². The Hall–Kier alpha value is -0.570. The molecule has 0 aromatic rings. The van der Waals surface area contributed by atoms with Crippen molar-refractivity contribution in [2.45, 2.75) is 47.0 Å². The van der Waals surface area contributed by atoms with Gasteiger partial charge >= 0.3 is 5.97 Å². The van der Waals surface area contributed by atoms with E-state index in [1.165, 1.54) is 0 Å². The second-order valence-corrected chi connectivity index (χ2v) is 5.17. The molecule has 90 valence electrons. The van der Waals surface area contributed by atoms with Crippen LogP contribution in [0.15, 0.2) is 0 Å². The van der Waals surface area contributed by atoms with Crippen LogP contribution in [0.3, 0.4) is 0 Å². The van der Waals surface area contributed by atoms with Crippen molar-refractivity contribution in [3.63, 3.8) is 0 Å². The standard InChI is InChI=1S/C12H25NO2/c1-10(2)12(3,4)9-13-8-6-5-7-11(14)15/h10,13H,5-9H2,1-4H3,(H,14,15). The highest BCUT2D eigenvalue weighted by molar-refractivity contribution is 5.66. The molecule has 0 amide bonds. The number of carboxylic acids is 1. The summed E-state index contributed by atoms with van der Waals surface area (Å²) < 4.78 is 0. The SMILES string of the molecule is CC(C)C(C)(C)CNCCCCC(=O)O. The van der Waals surface area contributed by atoms with Gasteiger partial charge in [-0.15, -0.1) is 0 Å². The predicted octanol–water partition coefficient (Wildman–Crippen LogP) is 2.51. The third kappa shape index (κ3) is 7.37. The molecule has 0 aliphatic heterocycles. The summed E-state index contributed by atoms with van der Waals surface area (Å²) in [5.74, 6) is -0.0403. The lowest BCUT2D eigenvalue weighted by Crippen LogP contribution is -2.33. The largest absolute Gasteiger partial charge is 0.481 e. The van der Waals surface area contributed by atoms with E-state index in [4.69, 9.17) is 5.11 Å². The molecule has 3 heteroatoms. The maximum atomic E-state index is 10.3. The quantitative estimate of drug-likeness (QED) is 0.612. The first kappa shape index (κ1) is 14.4. The van der Waals surface area contributed by atoms with Crippen LogP contribution in [-0.2, 0) is 4.79 Å². The Morgan fingerprint density at radius 1 is 1.33 bits per heavy atom. The zero-order valence-corrected chi connectivity index (χ0v) is 10.5. The van der Waals surface area contributed by atoms with Crippen molar-refractivity contribution in [3.8, 4) is 0 Å². The lowest BCUT2D eigenvalue weighted by Gasteiger charge is -2.29. The number of aliphatic carboxylic acids is 1. The molecule has 15 heavy (non-hydrogen) atoms. The number of rotatable bonds is 8. The van der Waals surface area contributed by atoms with E-state index in [9.17, 15) is 4.79 Å². The van der Waals surface area contributed by atoms with Gasteiger partial charge in [-0.3, -0.25) is 4.79 Å². The molecule has 0 heterocycles. The number of nitrogens with one attached hydrogen (secondary N) is 1. The van der Waals surface area contributed by atoms with Crippen LogP contribution in [0.4, 0.5) is 0 Å². The average Bonchev–Trinajstić information content (AvgIpc) is 2.10. The van der Waals surface area contributed by atoms with Gasteiger partial charge in [-0.05, 0) is 30.7 Å². The van der Waals surface area contributed by atoms with Gasteiger partial charge in [0, 0.05) is 13.0 Å². The molecule has 0 spiro atoms.